The van der Waals surface area contributed by atoms with E-state index >= 15 is 0 Å². The summed E-state index contributed by atoms with van der Waals surface area (Å²) in [7, 11) is 0. The van der Waals surface area contributed by atoms with Gasteiger partial charge in [-0.05, 0) is 18.6 Å². The van der Waals surface area contributed by atoms with E-state index in [-0.39, 0.29) is 18.0 Å². The summed E-state index contributed by atoms with van der Waals surface area (Å²) < 4.78 is 5.16. The number of hydrogen-bond donors (Lipinski definition) is 2. The Morgan fingerprint density at radius 2 is 2.46 bits per heavy atom. The van der Waals surface area contributed by atoms with Gasteiger partial charge in [-0.25, -0.2) is 0 Å². The van der Waals surface area contributed by atoms with E-state index in [0.717, 1.165) is 18.6 Å². The van der Waals surface area contributed by atoms with Crippen LogP contribution < -0.4 is 11.1 Å². The van der Waals surface area contributed by atoms with Gasteiger partial charge in [0.05, 0.1) is 12.3 Å². The summed E-state index contributed by atoms with van der Waals surface area (Å²) in [4.78, 5) is 10.7. The second-order valence-corrected chi connectivity index (χ2v) is 3.26. The zero-order valence-corrected chi connectivity index (χ0v) is 7.19. The maximum atomic E-state index is 10.7. The number of carbonyl (C=O) groups excluding carboxylic acids is 1. The van der Waals surface area contributed by atoms with Crippen LogP contribution in [0.5, 0.6) is 0 Å². The largest absolute Gasteiger partial charge is 0.469 e. The van der Waals surface area contributed by atoms with E-state index in [9.17, 15) is 4.79 Å². The molecule has 2 unspecified atom stereocenters. The highest BCUT2D eigenvalue weighted by Crippen LogP contribution is 2.12. The molecule has 0 aliphatic carbocycles. The van der Waals surface area contributed by atoms with Gasteiger partial charge in [-0.3, -0.25) is 4.79 Å². The fraction of sp³-hybridized carbons (Fsp3) is 0.444. The quantitative estimate of drug-likeness (QED) is 0.645. The smallest absolute Gasteiger partial charge is 0.239 e. The fourth-order valence-corrected chi connectivity index (χ4v) is 1.46. The van der Waals surface area contributed by atoms with Crippen molar-refractivity contribution in [1.29, 1.82) is 0 Å². The third kappa shape index (κ3) is 1.58. The lowest BCUT2D eigenvalue weighted by molar-refractivity contribution is -0.130. The molecule has 1 aliphatic heterocycles. The van der Waals surface area contributed by atoms with Crippen LogP contribution in [0.15, 0.2) is 22.8 Å². The molecule has 3 N–H and O–H groups in total. The molecule has 0 aromatic carbocycles. The molecule has 1 fully saturated rings. The number of rotatable bonds is 3. The van der Waals surface area contributed by atoms with Gasteiger partial charge in [-0.2, -0.15) is 0 Å². The number of furan rings is 1. The molecule has 1 saturated heterocycles. The van der Waals surface area contributed by atoms with Crippen molar-refractivity contribution in [2.24, 2.45) is 5.73 Å². The highest BCUT2D eigenvalue weighted by atomic mass is 16.3. The standard InChI is InChI=1S/C9H12N2O2/c10-8-7(11-9(8)12)4-3-6-2-1-5-13-6/h1-2,5,7-8H,3-4,10H2,(H,11,12). The Morgan fingerprint density at radius 3 is 3.00 bits per heavy atom. The van der Waals surface area contributed by atoms with Crippen LogP contribution in [-0.2, 0) is 11.2 Å². The summed E-state index contributed by atoms with van der Waals surface area (Å²) in [5, 5.41) is 2.75. The van der Waals surface area contributed by atoms with Crippen molar-refractivity contribution in [3.63, 3.8) is 0 Å². The van der Waals surface area contributed by atoms with E-state index in [4.69, 9.17) is 10.2 Å². The van der Waals surface area contributed by atoms with Gasteiger partial charge in [-0.15, -0.1) is 0 Å². The number of amides is 1. The molecule has 2 atom stereocenters. The lowest BCUT2D eigenvalue weighted by Gasteiger charge is -2.33. The Morgan fingerprint density at radius 1 is 1.62 bits per heavy atom. The summed E-state index contributed by atoms with van der Waals surface area (Å²) in [6.07, 6.45) is 3.32. The van der Waals surface area contributed by atoms with E-state index in [1.165, 1.54) is 0 Å². The molecule has 1 aliphatic rings. The third-order valence-corrected chi connectivity index (χ3v) is 2.35. The molecule has 2 rings (SSSR count). The summed E-state index contributed by atoms with van der Waals surface area (Å²) in [6.45, 7) is 0. The molecule has 1 aromatic heterocycles. The van der Waals surface area contributed by atoms with Gasteiger partial charge >= 0.3 is 0 Å². The minimum absolute atomic E-state index is 0.0514. The van der Waals surface area contributed by atoms with Gasteiger partial charge in [0.25, 0.3) is 0 Å². The Kier molecular flexibility index (Phi) is 2.06. The van der Waals surface area contributed by atoms with Gasteiger partial charge < -0.3 is 15.5 Å². The second-order valence-electron chi connectivity index (χ2n) is 3.26. The first-order valence-corrected chi connectivity index (χ1v) is 4.36. The van der Waals surface area contributed by atoms with Crippen LogP contribution in [0.3, 0.4) is 0 Å². The minimum Gasteiger partial charge on any atom is -0.469 e. The topological polar surface area (TPSA) is 68.3 Å². The van der Waals surface area contributed by atoms with Gasteiger partial charge in [0.15, 0.2) is 0 Å². The van der Waals surface area contributed by atoms with Gasteiger partial charge in [-0.1, -0.05) is 0 Å². The predicted octanol–water partition coefficient (Wildman–Crippen LogP) is 0.0379. The Labute approximate surface area is 76.1 Å². The molecular formula is C9H12N2O2. The van der Waals surface area contributed by atoms with Crippen molar-refractivity contribution < 1.29 is 9.21 Å². The Balaban J connectivity index is 1.78. The highest BCUT2D eigenvalue weighted by molar-refractivity contribution is 5.88. The van der Waals surface area contributed by atoms with Crippen LogP contribution in [-0.4, -0.2) is 18.0 Å². The van der Waals surface area contributed by atoms with Crippen molar-refractivity contribution in [1.82, 2.24) is 5.32 Å². The van der Waals surface area contributed by atoms with E-state index in [1.807, 2.05) is 12.1 Å². The molecule has 2 heterocycles. The highest BCUT2D eigenvalue weighted by Gasteiger charge is 2.35. The average Bonchev–Trinajstić information content (AvgIpc) is 2.64. The Bertz CT molecular complexity index is 295. The van der Waals surface area contributed by atoms with Crippen molar-refractivity contribution in [3.8, 4) is 0 Å². The van der Waals surface area contributed by atoms with Crippen LogP contribution in [0.1, 0.15) is 12.2 Å². The first-order valence-electron chi connectivity index (χ1n) is 4.36. The SMILES string of the molecule is NC1C(=O)NC1CCc1ccco1. The second kappa shape index (κ2) is 3.22. The van der Waals surface area contributed by atoms with Crippen molar-refractivity contribution in [2.45, 2.75) is 24.9 Å². The minimum atomic E-state index is -0.324. The van der Waals surface area contributed by atoms with Gasteiger partial charge in [0.2, 0.25) is 5.91 Å². The van der Waals surface area contributed by atoms with Crippen molar-refractivity contribution in [2.75, 3.05) is 0 Å². The number of nitrogens with two attached hydrogens (primary N) is 1. The number of β-lactam (4-membered cyclic amide) rings is 1. The molecule has 1 aromatic rings. The molecule has 0 bridgehead atoms. The summed E-state index contributed by atoms with van der Waals surface area (Å²) in [5.74, 6) is 0.887. The first-order chi connectivity index (χ1) is 6.27. The predicted molar refractivity (Wildman–Crippen MR) is 46.9 cm³/mol. The fourth-order valence-electron chi connectivity index (χ4n) is 1.46. The lowest BCUT2D eigenvalue weighted by atomic mass is 9.95. The molecule has 0 saturated carbocycles. The summed E-state index contributed by atoms with van der Waals surface area (Å²) in [6, 6.07) is 3.58. The monoisotopic (exact) mass is 180 g/mol. The maximum absolute atomic E-state index is 10.7. The molecule has 13 heavy (non-hydrogen) atoms. The number of carbonyl (C=O) groups is 1. The van der Waals surface area contributed by atoms with Crippen LogP contribution in [0.4, 0.5) is 0 Å². The average molecular weight is 180 g/mol. The molecule has 4 heteroatoms. The van der Waals surface area contributed by atoms with Crippen molar-refractivity contribution >= 4 is 5.91 Å². The van der Waals surface area contributed by atoms with E-state index in [1.54, 1.807) is 6.26 Å². The molecule has 4 nitrogen and oxygen atoms in total. The van der Waals surface area contributed by atoms with E-state index in [2.05, 4.69) is 5.32 Å². The third-order valence-electron chi connectivity index (χ3n) is 2.35. The lowest BCUT2D eigenvalue weighted by Crippen LogP contribution is -2.66. The van der Waals surface area contributed by atoms with Crippen LogP contribution in [0, 0.1) is 0 Å². The number of aryl methyl sites for hydroxylation is 1. The zero-order chi connectivity index (χ0) is 9.26. The van der Waals surface area contributed by atoms with Gasteiger partial charge in [0, 0.05) is 6.42 Å². The van der Waals surface area contributed by atoms with Crippen LogP contribution in [0.2, 0.25) is 0 Å². The number of nitrogens with one attached hydrogen (secondary N) is 1. The molecule has 1 amide bonds. The normalized spacial score (nSPS) is 26.7. The molecule has 0 spiro atoms. The maximum Gasteiger partial charge on any atom is 0.239 e. The molecule has 0 radical (unpaired) electrons. The van der Waals surface area contributed by atoms with E-state index in [0.29, 0.717) is 0 Å². The van der Waals surface area contributed by atoms with Gasteiger partial charge in [0.1, 0.15) is 11.8 Å². The summed E-state index contributed by atoms with van der Waals surface area (Å²) in [5.41, 5.74) is 5.56. The molecule has 70 valence electrons. The Hall–Kier alpha value is -1.29. The van der Waals surface area contributed by atoms with Crippen LogP contribution >= 0.6 is 0 Å². The zero-order valence-electron chi connectivity index (χ0n) is 7.19. The summed E-state index contributed by atoms with van der Waals surface area (Å²) >= 11 is 0. The van der Waals surface area contributed by atoms with E-state index < -0.39 is 0 Å². The number of hydrogen-bond acceptors (Lipinski definition) is 3. The molecular weight excluding hydrogens is 168 g/mol. The van der Waals surface area contributed by atoms with Crippen LogP contribution in [0.25, 0.3) is 0 Å². The first kappa shape index (κ1) is 8.31. The van der Waals surface area contributed by atoms with Crippen molar-refractivity contribution in [3.05, 3.63) is 24.2 Å².